The Labute approximate surface area is 118 Å². The summed E-state index contributed by atoms with van der Waals surface area (Å²) in [6.07, 6.45) is 5.43. The van der Waals surface area contributed by atoms with Gasteiger partial charge in [-0.05, 0) is 50.6 Å². The smallest absolute Gasteiger partial charge is 0.0138 e. The Hall–Kier alpha value is -0.820. The molecule has 1 nitrogen and oxygen atoms in total. The largest absolute Gasteiger partial charge is 0.314 e. The fourth-order valence-electron chi connectivity index (χ4n) is 3.85. The lowest BCUT2D eigenvalue weighted by Crippen LogP contribution is -2.39. The molecule has 1 aliphatic rings. The molecule has 0 spiro atoms. The van der Waals surface area contributed by atoms with Gasteiger partial charge in [-0.15, -0.1) is 0 Å². The first kappa shape index (κ1) is 14.6. The third-order valence-corrected chi connectivity index (χ3v) is 4.65. The molecule has 0 bridgehead atoms. The zero-order chi connectivity index (χ0) is 13.8. The van der Waals surface area contributed by atoms with Gasteiger partial charge in [0.2, 0.25) is 0 Å². The second-order valence-corrected chi connectivity index (χ2v) is 6.44. The Morgan fingerprint density at radius 1 is 1.16 bits per heavy atom. The van der Waals surface area contributed by atoms with Crippen molar-refractivity contribution in [2.45, 2.75) is 59.4 Å². The van der Waals surface area contributed by atoms with E-state index in [1.165, 1.54) is 42.4 Å². The van der Waals surface area contributed by atoms with Crippen molar-refractivity contribution < 1.29 is 0 Å². The lowest BCUT2D eigenvalue weighted by atomic mass is 9.86. The van der Waals surface area contributed by atoms with Crippen LogP contribution in [0.15, 0.2) is 18.2 Å². The lowest BCUT2D eigenvalue weighted by Gasteiger charge is -2.28. The topological polar surface area (TPSA) is 12.0 Å². The minimum absolute atomic E-state index is 0.656. The highest BCUT2D eigenvalue weighted by Gasteiger charge is 2.30. The van der Waals surface area contributed by atoms with Crippen molar-refractivity contribution in [3.05, 3.63) is 34.9 Å². The molecule has 0 heterocycles. The first-order valence-corrected chi connectivity index (χ1v) is 7.90. The van der Waals surface area contributed by atoms with Gasteiger partial charge < -0.3 is 5.32 Å². The average Bonchev–Trinajstić information content (AvgIpc) is 2.73. The molecule has 1 N–H and O–H groups in total. The van der Waals surface area contributed by atoms with E-state index in [1.54, 1.807) is 0 Å². The Kier molecular flexibility index (Phi) is 5.04. The molecule has 0 aromatic heterocycles. The van der Waals surface area contributed by atoms with Crippen molar-refractivity contribution in [1.82, 2.24) is 5.32 Å². The van der Waals surface area contributed by atoms with Crippen molar-refractivity contribution in [2.75, 3.05) is 6.54 Å². The van der Waals surface area contributed by atoms with E-state index >= 15 is 0 Å². The molecule has 2 rings (SSSR count). The summed E-state index contributed by atoms with van der Waals surface area (Å²) in [6, 6.07) is 7.64. The van der Waals surface area contributed by atoms with E-state index in [0.717, 1.165) is 18.4 Å². The summed E-state index contributed by atoms with van der Waals surface area (Å²) in [7, 11) is 0. The Balaban J connectivity index is 2.11. The molecule has 0 saturated heterocycles. The van der Waals surface area contributed by atoms with E-state index in [9.17, 15) is 0 Å². The lowest BCUT2D eigenvalue weighted by molar-refractivity contribution is 0.298. The number of rotatable bonds is 5. The van der Waals surface area contributed by atoms with Crippen LogP contribution in [-0.2, 0) is 6.42 Å². The van der Waals surface area contributed by atoms with Gasteiger partial charge in [-0.3, -0.25) is 0 Å². The summed E-state index contributed by atoms with van der Waals surface area (Å²) < 4.78 is 0. The SMILES string of the molecule is CCNC(Cc1cc(C)cc(C)c1)C1CCCC1C. The van der Waals surface area contributed by atoms with Crippen LogP contribution in [0, 0.1) is 25.7 Å². The monoisotopic (exact) mass is 259 g/mol. The molecule has 1 saturated carbocycles. The summed E-state index contributed by atoms with van der Waals surface area (Å²) >= 11 is 0. The third kappa shape index (κ3) is 3.82. The minimum Gasteiger partial charge on any atom is -0.314 e. The normalized spacial score (nSPS) is 24.6. The van der Waals surface area contributed by atoms with Crippen molar-refractivity contribution in [3.8, 4) is 0 Å². The van der Waals surface area contributed by atoms with Crippen LogP contribution < -0.4 is 5.32 Å². The van der Waals surface area contributed by atoms with Crippen LogP contribution in [-0.4, -0.2) is 12.6 Å². The molecule has 1 heteroatoms. The van der Waals surface area contributed by atoms with Crippen molar-refractivity contribution in [1.29, 1.82) is 0 Å². The fourth-order valence-corrected chi connectivity index (χ4v) is 3.85. The van der Waals surface area contributed by atoms with Gasteiger partial charge in [0.25, 0.3) is 0 Å². The molecule has 106 valence electrons. The number of likely N-dealkylation sites (N-methyl/N-ethyl adjacent to an activating group) is 1. The first-order chi connectivity index (χ1) is 9.10. The average molecular weight is 259 g/mol. The quantitative estimate of drug-likeness (QED) is 0.833. The molecule has 19 heavy (non-hydrogen) atoms. The van der Waals surface area contributed by atoms with Crippen molar-refractivity contribution >= 4 is 0 Å². The van der Waals surface area contributed by atoms with Crippen LogP contribution in [0.3, 0.4) is 0 Å². The van der Waals surface area contributed by atoms with Gasteiger partial charge in [0, 0.05) is 6.04 Å². The van der Waals surface area contributed by atoms with Gasteiger partial charge in [-0.1, -0.05) is 56.0 Å². The molecule has 3 unspecified atom stereocenters. The number of hydrogen-bond acceptors (Lipinski definition) is 1. The maximum Gasteiger partial charge on any atom is 0.0138 e. The Bertz CT molecular complexity index is 390. The van der Waals surface area contributed by atoms with Crippen LogP contribution in [0.1, 0.15) is 49.8 Å². The summed E-state index contributed by atoms with van der Waals surface area (Å²) in [5.41, 5.74) is 4.29. The standard InChI is InChI=1S/C18H29N/c1-5-19-18(17-8-6-7-15(17)4)12-16-10-13(2)9-14(3)11-16/h9-11,15,17-19H,5-8,12H2,1-4H3. The number of nitrogens with one attached hydrogen (secondary N) is 1. The molecule has 1 aliphatic carbocycles. The second-order valence-electron chi connectivity index (χ2n) is 6.44. The van der Waals surface area contributed by atoms with Crippen molar-refractivity contribution in [2.24, 2.45) is 11.8 Å². The first-order valence-electron chi connectivity index (χ1n) is 7.90. The van der Waals surface area contributed by atoms with Gasteiger partial charge in [-0.2, -0.15) is 0 Å². The molecule has 0 aliphatic heterocycles. The van der Waals surface area contributed by atoms with E-state index < -0.39 is 0 Å². The summed E-state index contributed by atoms with van der Waals surface area (Å²) in [6.45, 7) is 10.2. The van der Waals surface area contributed by atoms with Crippen LogP contribution in [0.5, 0.6) is 0 Å². The predicted molar refractivity (Wildman–Crippen MR) is 83.6 cm³/mol. The maximum atomic E-state index is 3.74. The zero-order valence-electron chi connectivity index (χ0n) is 13.0. The molecular formula is C18H29N. The summed E-state index contributed by atoms with van der Waals surface area (Å²) in [5, 5.41) is 3.74. The Morgan fingerprint density at radius 3 is 2.37 bits per heavy atom. The predicted octanol–water partition coefficient (Wildman–Crippen LogP) is 4.26. The van der Waals surface area contributed by atoms with Gasteiger partial charge >= 0.3 is 0 Å². The van der Waals surface area contributed by atoms with Crippen molar-refractivity contribution in [3.63, 3.8) is 0 Å². The van der Waals surface area contributed by atoms with E-state index in [4.69, 9.17) is 0 Å². The van der Waals surface area contributed by atoms with Crippen LogP contribution in [0.2, 0.25) is 0 Å². The summed E-state index contributed by atoms with van der Waals surface area (Å²) in [4.78, 5) is 0. The number of hydrogen-bond donors (Lipinski definition) is 1. The van der Waals surface area contributed by atoms with E-state index in [-0.39, 0.29) is 0 Å². The van der Waals surface area contributed by atoms with Crippen LogP contribution in [0.4, 0.5) is 0 Å². The van der Waals surface area contributed by atoms with Crippen LogP contribution in [0.25, 0.3) is 0 Å². The summed E-state index contributed by atoms with van der Waals surface area (Å²) in [5.74, 6) is 1.75. The van der Waals surface area contributed by atoms with E-state index in [2.05, 4.69) is 51.2 Å². The molecule has 1 aromatic rings. The molecule has 3 atom stereocenters. The number of benzene rings is 1. The van der Waals surface area contributed by atoms with Crippen LogP contribution >= 0.6 is 0 Å². The molecule has 0 amide bonds. The highest BCUT2D eigenvalue weighted by molar-refractivity contribution is 5.29. The van der Waals surface area contributed by atoms with Gasteiger partial charge in [0.1, 0.15) is 0 Å². The van der Waals surface area contributed by atoms with Gasteiger partial charge in [-0.25, -0.2) is 0 Å². The molecule has 1 aromatic carbocycles. The van der Waals surface area contributed by atoms with E-state index in [0.29, 0.717) is 6.04 Å². The van der Waals surface area contributed by atoms with E-state index in [1.807, 2.05) is 0 Å². The maximum absolute atomic E-state index is 3.74. The fraction of sp³-hybridized carbons (Fsp3) is 0.667. The second kappa shape index (κ2) is 6.56. The van der Waals surface area contributed by atoms with Gasteiger partial charge in [0.05, 0.1) is 0 Å². The molecule has 1 fully saturated rings. The Morgan fingerprint density at radius 2 is 1.84 bits per heavy atom. The zero-order valence-corrected chi connectivity index (χ0v) is 13.0. The highest BCUT2D eigenvalue weighted by atomic mass is 14.9. The third-order valence-electron chi connectivity index (χ3n) is 4.65. The number of aryl methyl sites for hydroxylation is 2. The minimum atomic E-state index is 0.656. The van der Waals surface area contributed by atoms with Gasteiger partial charge in [0.15, 0.2) is 0 Å². The molecule has 0 radical (unpaired) electrons. The highest BCUT2D eigenvalue weighted by Crippen LogP contribution is 2.34. The molecular weight excluding hydrogens is 230 g/mol.